The summed E-state index contributed by atoms with van der Waals surface area (Å²) < 4.78 is 4.99. The van der Waals surface area contributed by atoms with Gasteiger partial charge in [0.05, 0.1) is 6.61 Å². The van der Waals surface area contributed by atoms with Crippen molar-refractivity contribution in [2.45, 2.75) is 6.61 Å². The first-order valence-corrected chi connectivity index (χ1v) is 4.16. The number of nitrogens with two attached hydrogens (primary N) is 1. The molecule has 0 spiro atoms. The smallest absolute Gasteiger partial charge is 0.423 e. The Morgan fingerprint density at radius 2 is 2.43 bits per heavy atom. The summed E-state index contributed by atoms with van der Waals surface area (Å²) in [5.74, 6) is 0. The van der Waals surface area contributed by atoms with Crippen molar-refractivity contribution in [2.75, 3.05) is 5.32 Å². The standard InChI is InChI=1S/C8H9BN2O3/c10-8(12)11-6-2-1-5-4-14-9(13)7(5)3-6/h1-3,13H,4H2,(H3,10,11,12). The molecule has 1 aromatic carbocycles. The Bertz CT molecular complexity index is 383. The van der Waals surface area contributed by atoms with Gasteiger partial charge in [0, 0.05) is 5.69 Å². The Hall–Kier alpha value is -1.53. The zero-order valence-corrected chi connectivity index (χ0v) is 7.36. The van der Waals surface area contributed by atoms with Gasteiger partial charge in [0.1, 0.15) is 0 Å². The third-order valence-electron chi connectivity index (χ3n) is 2.08. The van der Waals surface area contributed by atoms with Crippen LogP contribution < -0.4 is 16.5 Å². The molecule has 6 heteroatoms. The second-order valence-electron chi connectivity index (χ2n) is 3.07. The monoisotopic (exact) mass is 192 g/mol. The van der Waals surface area contributed by atoms with Crippen LogP contribution in [0.3, 0.4) is 0 Å². The Kier molecular flexibility index (Phi) is 2.15. The predicted molar refractivity (Wildman–Crippen MR) is 52.0 cm³/mol. The second kappa shape index (κ2) is 3.32. The van der Waals surface area contributed by atoms with Gasteiger partial charge in [0.15, 0.2) is 0 Å². The first-order valence-electron chi connectivity index (χ1n) is 4.16. The molecule has 0 fully saturated rings. The van der Waals surface area contributed by atoms with Crippen molar-refractivity contribution < 1.29 is 14.5 Å². The molecule has 2 amide bonds. The third-order valence-corrected chi connectivity index (χ3v) is 2.08. The fraction of sp³-hybridized carbons (Fsp3) is 0.125. The molecule has 1 aromatic rings. The van der Waals surface area contributed by atoms with Crippen molar-refractivity contribution in [3.63, 3.8) is 0 Å². The molecular formula is C8H9BN2O3. The molecule has 0 saturated carbocycles. The summed E-state index contributed by atoms with van der Waals surface area (Å²) in [6.45, 7) is 0.396. The largest absolute Gasteiger partial charge is 0.491 e. The Balaban J connectivity index is 2.30. The fourth-order valence-corrected chi connectivity index (χ4v) is 1.43. The van der Waals surface area contributed by atoms with Gasteiger partial charge in [-0.15, -0.1) is 0 Å². The van der Waals surface area contributed by atoms with Crippen LogP contribution in [-0.2, 0) is 11.3 Å². The molecule has 0 unspecified atom stereocenters. The zero-order valence-electron chi connectivity index (χ0n) is 7.36. The van der Waals surface area contributed by atoms with Crippen molar-refractivity contribution in [1.82, 2.24) is 0 Å². The van der Waals surface area contributed by atoms with Crippen LogP contribution in [0.1, 0.15) is 5.56 Å². The maximum atomic E-state index is 10.6. The van der Waals surface area contributed by atoms with E-state index in [-0.39, 0.29) is 0 Å². The summed E-state index contributed by atoms with van der Waals surface area (Å²) in [5.41, 5.74) is 7.12. The average molecular weight is 192 g/mol. The summed E-state index contributed by atoms with van der Waals surface area (Å²) in [6, 6.07) is 4.53. The average Bonchev–Trinajstić information content (AvgIpc) is 2.47. The van der Waals surface area contributed by atoms with Crippen molar-refractivity contribution in [3.05, 3.63) is 23.8 Å². The minimum absolute atomic E-state index is 0.396. The SMILES string of the molecule is NC(=O)Nc1ccc2c(c1)B(O)OC2. The number of benzene rings is 1. The van der Waals surface area contributed by atoms with Crippen LogP contribution >= 0.6 is 0 Å². The molecular weight excluding hydrogens is 183 g/mol. The number of hydrogen-bond donors (Lipinski definition) is 3. The molecule has 2 rings (SSSR count). The molecule has 4 N–H and O–H groups in total. The van der Waals surface area contributed by atoms with Crippen molar-refractivity contribution in [2.24, 2.45) is 5.73 Å². The normalized spacial score (nSPS) is 13.9. The quantitative estimate of drug-likeness (QED) is 0.519. The maximum absolute atomic E-state index is 10.6. The van der Waals surface area contributed by atoms with E-state index in [1.54, 1.807) is 18.2 Å². The van der Waals surface area contributed by atoms with E-state index in [0.29, 0.717) is 17.8 Å². The number of fused-ring (bicyclic) bond motifs is 1. The van der Waals surface area contributed by atoms with E-state index in [4.69, 9.17) is 10.4 Å². The first kappa shape index (κ1) is 9.05. The minimum atomic E-state index is -0.903. The number of carbonyl (C=O) groups is 1. The zero-order chi connectivity index (χ0) is 10.1. The molecule has 5 nitrogen and oxygen atoms in total. The molecule has 1 aliphatic rings. The molecule has 0 aromatic heterocycles. The highest BCUT2D eigenvalue weighted by Gasteiger charge is 2.27. The van der Waals surface area contributed by atoms with Crippen LogP contribution in [0.25, 0.3) is 0 Å². The number of hydrogen-bond acceptors (Lipinski definition) is 3. The number of anilines is 1. The van der Waals surface area contributed by atoms with E-state index in [1.165, 1.54) is 0 Å². The van der Waals surface area contributed by atoms with Gasteiger partial charge < -0.3 is 20.7 Å². The van der Waals surface area contributed by atoms with Gasteiger partial charge in [0.25, 0.3) is 0 Å². The molecule has 0 atom stereocenters. The number of amides is 2. The van der Waals surface area contributed by atoms with Crippen LogP contribution in [0.15, 0.2) is 18.2 Å². The first-order chi connectivity index (χ1) is 6.66. The summed E-state index contributed by atoms with van der Waals surface area (Å²) in [5, 5.41) is 11.8. The van der Waals surface area contributed by atoms with Gasteiger partial charge in [0.2, 0.25) is 0 Å². The highest BCUT2D eigenvalue weighted by atomic mass is 16.5. The van der Waals surface area contributed by atoms with Crippen molar-refractivity contribution in [1.29, 1.82) is 0 Å². The summed E-state index contributed by atoms with van der Waals surface area (Å²) >= 11 is 0. The number of nitrogens with one attached hydrogen (secondary N) is 1. The van der Waals surface area contributed by atoms with Crippen LogP contribution in [0.2, 0.25) is 0 Å². The van der Waals surface area contributed by atoms with E-state index in [1.807, 2.05) is 0 Å². The van der Waals surface area contributed by atoms with E-state index >= 15 is 0 Å². The topological polar surface area (TPSA) is 84.6 Å². The third kappa shape index (κ3) is 1.57. The second-order valence-corrected chi connectivity index (χ2v) is 3.07. The van der Waals surface area contributed by atoms with Crippen LogP contribution in [-0.4, -0.2) is 18.2 Å². The maximum Gasteiger partial charge on any atom is 0.491 e. The fourth-order valence-electron chi connectivity index (χ4n) is 1.43. The Morgan fingerprint density at radius 1 is 1.64 bits per heavy atom. The highest BCUT2D eigenvalue weighted by Crippen LogP contribution is 2.14. The lowest BCUT2D eigenvalue weighted by molar-refractivity contribution is 0.259. The van der Waals surface area contributed by atoms with Gasteiger partial charge in [-0.1, -0.05) is 6.07 Å². The van der Waals surface area contributed by atoms with Crippen LogP contribution in [0.5, 0.6) is 0 Å². The molecule has 0 bridgehead atoms. The summed E-state index contributed by atoms with van der Waals surface area (Å²) in [6.07, 6.45) is 0. The van der Waals surface area contributed by atoms with E-state index in [9.17, 15) is 9.82 Å². The lowest BCUT2D eigenvalue weighted by Gasteiger charge is -2.03. The molecule has 0 aliphatic carbocycles. The molecule has 0 radical (unpaired) electrons. The number of urea groups is 1. The van der Waals surface area contributed by atoms with Crippen LogP contribution in [0, 0.1) is 0 Å². The van der Waals surface area contributed by atoms with E-state index in [2.05, 4.69) is 5.32 Å². The van der Waals surface area contributed by atoms with E-state index in [0.717, 1.165) is 5.56 Å². The van der Waals surface area contributed by atoms with Gasteiger partial charge in [-0.3, -0.25) is 0 Å². The summed E-state index contributed by atoms with van der Waals surface area (Å²) in [7, 11) is -0.903. The van der Waals surface area contributed by atoms with Crippen molar-refractivity contribution >= 4 is 24.3 Å². The van der Waals surface area contributed by atoms with Gasteiger partial charge in [-0.2, -0.15) is 0 Å². The lowest BCUT2D eigenvalue weighted by Crippen LogP contribution is -2.29. The molecule has 14 heavy (non-hydrogen) atoms. The Morgan fingerprint density at radius 3 is 3.14 bits per heavy atom. The number of rotatable bonds is 1. The molecule has 1 heterocycles. The number of carbonyl (C=O) groups excluding carboxylic acids is 1. The van der Waals surface area contributed by atoms with E-state index < -0.39 is 13.1 Å². The highest BCUT2D eigenvalue weighted by molar-refractivity contribution is 6.61. The summed E-state index contributed by atoms with van der Waals surface area (Å²) in [4.78, 5) is 10.6. The molecule has 72 valence electrons. The van der Waals surface area contributed by atoms with Gasteiger partial charge in [-0.05, 0) is 23.2 Å². The minimum Gasteiger partial charge on any atom is -0.423 e. The molecule has 0 saturated heterocycles. The van der Waals surface area contributed by atoms with Crippen LogP contribution in [0.4, 0.5) is 10.5 Å². The van der Waals surface area contributed by atoms with Crippen molar-refractivity contribution in [3.8, 4) is 0 Å². The lowest BCUT2D eigenvalue weighted by atomic mass is 9.79. The number of primary amides is 1. The van der Waals surface area contributed by atoms with Gasteiger partial charge in [-0.25, -0.2) is 4.79 Å². The molecule has 1 aliphatic heterocycles. The Labute approximate surface area is 81.0 Å². The predicted octanol–water partition coefficient (Wildman–Crippen LogP) is -0.605. The van der Waals surface area contributed by atoms with Gasteiger partial charge >= 0.3 is 13.1 Å².